The number of aromatic nitrogens is 2. The number of hydrogen-bond donors (Lipinski definition) is 1. The van der Waals surface area contributed by atoms with Crippen molar-refractivity contribution in [2.45, 2.75) is 33.2 Å². The zero-order valence-corrected chi connectivity index (χ0v) is 12.3. The van der Waals surface area contributed by atoms with Gasteiger partial charge >= 0.3 is 0 Å². The number of hydrogen-bond acceptors (Lipinski definition) is 3. The van der Waals surface area contributed by atoms with Gasteiger partial charge in [0.25, 0.3) is 0 Å². The molecule has 18 heavy (non-hydrogen) atoms. The predicted molar refractivity (Wildman–Crippen MR) is 78.0 cm³/mol. The number of nitrogens with zero attached hydrogens (tertiary/aromatic N) is 2. The van der Waals surface area contributed by atoms with Gasteiger partial charge in [0, 0.05) is 34.6 Å². The van der Waals surface area contributed by atoms with E-state index in [4.69, 9.17) is 0 Å². The van der Waals surface area contributed by atoms with E-state index in [1.54, 1.807) is 0 Å². The monoisotopic (exact) mass is 263 g/mol. The largest absolute Gasteiger partial charge is 0.310 e. The molecule has 0 aliphatic heterocycles. The number of nitrogens with one attached hydrogen (secondary N) is 1. The van der Waals surface area contributed by atoms with Crippen molar-refractivity contribution in [2.75, 3.05) is 6.54 Å². The molecule has 0 saturated carbocycles. The van der Waals surface area contributed by atoms with E-state index >= 15 is 0 Å². The van der Waals surface area contributed by atoms with E-state index in [1.807, 2.05) is 23.1 Å². The molecule has 2 aromatic rings. The quantitative estimate of drug-likeness (QED) is 0.896. The molecule has 0 amide bonds. The minimum absolute atomic E-state index is 0.426. The van der Waals surface area contributed by atoms with Crippen LogP contribution in [0.2, 0.25) is 0 Å². The third kappa shape index (κ3) is 2.65. The fourth-order valence-corrected chi connectivity index (χ4v) is 3.21. The Hall–Kier alpha value is -1.13. The van der Waals surface area contributed by atoms with Gasteiger partial charge in [0.05, 0.1) is 5.69 Å². The van der Waals surface area contributed by atoms with Gasteiger partial charge in [0.15, 0.2) is 0 Å². The van der Waals surface area contributed by atoms with Crippen molar-refractivity contribution in [3.63, 3.8) is 0 Å². The molecule has 2 aromatic heterocycles. The molecule has 3 nitrogen and oxygen atoms in total. The molecule has 0 aliphatic rings. The van der Waals surface area contributed by atoms with Crippen LogP contribution in [-0.4, -0.2) is 16.3 Å². The summed E-state index contributed by atoms with van der Waals surface area (Å²) in [5, 5.41) is 7.95. The molecule has 0 bridgehead atoms. The molecule has 1 N–H and O–H groups in total. The highest BCUT2D eigenvalue weighted by Gasteiger charge is 2.13. The highest BCUT2D eigenvalue weighted by Crippen LogP contribution is 2.33. The SMILES string of the molecule is CCNC(C)c1ccc(-c2cn(C)nc2CC)s1. The fourth-order valence-electron chi connectivity index (χ4n) is 2.14. The fraction of sp³-hybridized carbons (Fsp3) is 0.500. The molecular weight excluding hydrogens is 242 g/mol. The Morgan fingerprint density at radius 2 is 2.17 bits per heavy atom. The minimum atomic E-state index is 0.426. The van der Waals surface area contributed by atoms with E-state index in [0.29, 0.717) is 6.04 Å². The first-order valence-electron chi connectivity index (χ1n) is 6.51. The Bertz CT molecular complexity index is 513. The van der Waals surface area contributed by atoms with E-state index in [0.717, 1.165) is 13.0 Å². The van der Waals surface area contributed by atoms with Crippen LogP contribution in [0.25, 0.3) is 10.4 Å². The number of aryl methyl sites for hydroxylation is 2. The van der Waals surface area contributed by atoms with Crippen molar-refractivity contribution in [1.29, 1.82) is 0 Å². The van der Waals surface area contributed by atoms with Gasteiger partial charge in [0.1, 0.15) is 0 Å². The van der Waals surface area contributed by atoms with Crippen LogP contribution in [0.4, 0.5) is 0 Å². The van der Waals surface area contributed by atoms with Crippen molar-refractivity contribution < 1.29 is 0 Å². The lowest BCUT2D eigenvalue weighted by Crippen LogP contribution is -2.16. The molecule has 2 rings (SSSR count). The van der Waals surface area contributed by atoms with Gasteiger partial charge in [0.2, 0.25) is 0 Å². The molecule has 0 aliphatic carbocycles. The average Bonchev–Trinajstić information content (AvgIpc) is 2.95. The van der Waals surface area contributed by atoms with E-state index in [9.17, 15) is 0 Å². The second kappa shape index (κ2) is 5.67. The number of thiophene rings is 1. The predicted octanol–water partition coefficient (Wildman–Crippen LogP) is 3.38. The van der Waals surface area contributed by atoms with Crippen LogP contribution in [0, 0.1) is 0 Å². The average molecular weight is 263 g/mol. The summed E-state index contributed by atoms with van der Waals surface area (Å²) >= 11 is 1.86. The Labute approximate surface area is 113 Å². The maximum Gasteiger partial charge on any atom is 0.0708 e. The highest BCUT2D eigenvalue weighted by molar-refractivity contribution is 7.15. The van der Waals surface area contributed by atoms with E-state index in [1.165, 1.54) is 21.0 Å². The molecule has 0 aromatic carbocycles. The van der Waals surface area contributed by atoms with Crippen LogP contribution in [-0.2, 0) is 13.5 Å². The van der Waals surface area contributed by atoms with Crippen molar-refractivity contribution in [2.24, 2.45) is 7.05 Å². The van der Waals surface area contributed by atoms with E-state index in [-0.39, 0.29) is 0 Å². The highest BCUT2D eigenvalue weighted by atomic mass is 32.1. The van der Waals surface area contributed by atoms with Crippen molar-refractivity contribution in [3.8, 4) is 10.4 Å². The maximum atomic E-state index is 4.50. The van der Waals surface area contributed by atoms with Gasteiger partial charge < -0.3 is 5.32 Å². The second-order valence-electron chi connectivity index (χ2n) is 4.50. The first-order valence-corrected chi connectivity index (χ1v) is 7.33. The Balaban J connectivity index is 2.28. The summed E-state index contributed by atoms with van der Waals surface area (Å²) in [5.41, 5.74) is 2.46. The topological polar surface area (TPSA) is 29.9 Å². The molecule has 0 saturated heterocycles. The Kier molecular flexibility index (Phi) is 4.19. The molecule has 1 unspecified atom stereocenters. The van der Waals surface area contributed by atoms with Gasteiger partial charge in [-0.3, -0.25) is 4.68 Å². The van der Waals surface area contributed by atoms with Crippen molar-refractivity contribution in [1.82, 2.24) is 15.1 Å². The molecule has 0 spiro atoms. The maximum absolute atomic E-state index is 4.50. The lowest BCUT2D eigenvalue weighted by molar-refractivity contribution is 0.607. The lowest BCUT2D eigenvalue weighted by Gasteiger charge is -2.08. The van der Waals surface area contributed by atoms with Crippen LogP contribution in [0.15, 0.2) is 18.3 Å². The third-order valence-corrected chi connectivity index (χ3v) is 4.37. The van der Waals surface area contributed by atoms with Gasteiger partial charge in [-0.1, -0.05) is 13.8 Å². The zero-order valence-electron chi connectivity index (χ0n) is 11.5. The van der Waals surface area contributed by atoms with Crippen LogP contribution in [0.1, 0.15) is 37.4 Å². The summed E-state index contributed by atoms with van der Waals surface area (Å²) in [6, 6.07) is 4.86. The van der Waals surface area contributed by atoms with Crippen LogP contribution in [0.3, 0.4) is 0 Å². The summed E-state index contributed by atoms with van der Waals surface area (Å²) in [5.74, 6) is 0. The molecule has 0 radical (unpaired) electrons. The zero-order chi connectivity index (χ0) is 13.1. The van der Waals surface area contributed by atoms with Gasteiger partial charge in [-0.2, -0.15) is 5.10 Å². The molecule has 2 heterocycles. The van der Waals surface area contributed by atoms with Crippen LogP contribution in [0.5, 0.6) is 0 Å². The second-order valence-corrected chi connectivity index (χ2v) is 5.61. The van der Waals surface area contributed by atoms with Crippen molar-refractivity contribution >= 4 is 11.3 Å². The Morgan fingerprint density at radius 3 is 2.83 bits per heavy atom. The van der Waals surface area contributed by atoms with E-state index < -0.39 is 0 Å². The Morgan fingerprint density at radius 1 is 1.39 bits per heavy atom. The number of rotatable bonds is 5. The van der Waals surface area contributed by atoms with Gasteiger partial charge in [-0.05, 0) is 32.0 Å². The lowest BCUT2D eigenvalue weighted by atomic mass is 10.2. The summed E-state index contributed by atoms with van der Waals surface area (Å²) < 4.78 is 1.90. The molecular formula is C14H21N3S. The standard InChI is InChI=1S/C14H21N3S/c1-5-12-11(9-17(4)16-12)14-8-7-13(18-14)10(3)15-6-2/h7-10,15H,5-6H2,1-4H3. The summed E-state index contributed by atoms with van der Waals surface area (Å²) in [7, 11) is 1.98. The normalized spacial score (nSPS) is 12.9. The van der Waals surface area contributed by atoms with Crippen LogP contribution >= 0.6 is 11.3 Å². The van der Waals surface area contributed by atoms with E-state index in [2.05, 4.69) is 49.5 Å². The molecule has 1 atom stereocenters. The first-order chi connectivity index (χ1) is 8.65. The molecule has 98 valence electrons. The van der Waals surface area contributed by atoms with Crippen molar-refractivity contribution in [3.05, 3.63) is 28.9 Å². The molecule has 4 heteroatoms. The van der Waals surface area contributed by atoms with Gasteiger partial charge in [-0.25, -0.2) is 0 Å². The summed E-state index contributed by atoms with van der Waals surface area (Å²) in [6.07, 6.45) is 3.10. The first kappa shape index (κ1) is 13.3. The van der Waals surface area contributed by atoms with Crippen LogP contribution < -0.4 is 5.32 Å². The minimum Gasteiger partial charge on any atom is -0.310 e. The molecule has 0 fully saturated rings. The van der Waals surface area contributed by atoms with Gasteiger partial charge in [-0.15, -0.1) is 11.3 Å². The summed E-state index contributed by atoms with van der Waals surface area (Å²) in [6.45, 7) is 7.51. The smallest absolute Gasteiger partial charge is 0.0708 e. The summed E-state index contributed by atoms with van der Waals surface area (Å²) in [4.78, 5) is 2.71. The third-order valence-electron chi connectivity index (χ3n) is 3.07.